The third-order valence-corrected chi connectivity index (χ3v) is 4.42. The van der Waals surface area contributed by atoms with Gasteiger partial charge < -0.3 is 9.47 Å². The van der Waals surface area contributed by atoms with E-state index < -0.39 is 11.7 Å². The number of nitrogens with zero attached hydrogens (tertiary/aromatic N) is 1. The van der Waals surface area contributed by atoms with Crippen LogP contribution in [0.4, 0.5) is 0 Å². The van der Waals surface area contributed by atoms with Crippen LogP contribution in [-0.4, -0.2) is 13.2 Å². The lowest BCUT2D eigenvalue weighted by molar-refractivity contribution is -0.0114. The van der Waals surface area contributed by atoms with Crippen molar-refractivity contribution in [1.29, 1.82) is 5.26 Å². The van der Waals surface area contributed by atoms with Crippen LogP contribution in [0.3, 0.4) is 0 Å². The largest absolute Gasteiger partial charge is 0.497 e. The van der Waals surface area contributed by atoms with Crippen molar-refractivity contribution in [3.63, 3.8) is 0 Å². The molecule has 1 fully saturated rings. The van der Waals surface area contributed by atoms with Gasteiger partial charge in [0.05, 0.1) is 18.8 Å². The predicted octanol–water partition coefficient (Wildman–Crippen LogP) is 4.01. The molecule has 1 saturated heterocycles. The van der Waals surface area contributed by atoms with E-state index in [2.05, 4.69) is 25.1 Å². The Bertz CT molecular complexity index is 675. The van der Waals surface area contributed by atoms with Crippen LogP contribution in [0.25, 0.3) is 0 Å². The molecule has 1 heterocycles. The van der Waals surface area contributed by atoms with Gasteiger partial charge in [-0.2, -0.15) is 5.26 Å². The molecule has 0 amide bonds. The van der Waals surface area contributed by atoms with Crippen LogP contribution in [0.5, 0.6) is 5.75 Å². The summed E-state index contributed by atoms with van der Waals surface area (Å²) in [4.78, 5) is 0. The van der Waals surface area contributed by atoms with E-state index in [1.54, 1.807) is 7.11 Å². The Labute approximate surface area is 131 Å². The molecule has 2 aromatic carbocycles. The minimum absolute atomic E-state index is 0.0705. The van der Waals surface area contributed by atoms with E-state index in [0.717, 1.165) is 23.3 Å². The Morgan fingerprint density at radius 1 is 1.14 bits per heavy atom. The maximum absolute atomic E-state index is 9.48. The van der Waals surface area contributed by atoms with Crippen molar-refractivity contribution in [1.82, 2.24) is 0 Å². The van der Waals surface area contributed by atoms with Crippen LogP contribution < -0.4 is 4.74 Å². The first-order valence-electron chi connectivity index (χ1n) is 7.43. The van der Waals surface area contributed by atoms with Gasteiger partial charge in [0.2, 0.25) is 0 Å². The smallest absolute Gasteiger partial charge is 0.152 e. The Kier molecular flexibility index (Phi) is 3.87. The van der Waals surface area contributed by atoms with Crippen LogP contribution in [-0.2, 0) is 10.3 Å². The van der Waals surface area contributed by atoms with Gasteiger partial charge in [0.1, 0.15) is 5.75 Å². The van der Waals surface area contributed by atoms with Gasteiger partial charge >= 0.3 is 0 Å². The van der Waals surface area contributed by atoms with Crippen molar-refractivity contribution in [2.75, 3.05) is 7.11 Å². The fourth-order valence-electron chi connectivity index (χ4n) is 3.17. The van der Waals surface area contributed by atoms with E-state index in [4.69, 9.17) is 9.47 Å². The number of rotatable bonds is 3. The molecule has 0 saturated carbocycles. The summed E-state index contributed by atoms with van der Waals surface area (Å²) in [6.07, 6.45) is 0.361. The lowest BCUT2D eigenvalue weighted by Gasteiger charge is -2.24. The number of hydrogen-bond donors (Lipinski definition) is 0. The molecule has 3 atom stereocenters. The second-order valence-electron chi connectivity index (χ2n) is 5.85. The average Bonchev–Trinajstić information content (AvgIpc) is 2.94. The summed E-state index contributed by atoms with van der Waals surface area (Å²) < 4.78 is 11.3. The quantitative estimate of drug-likeness (QED) is 0.858. The molecule has 3 heteroatoms. The Morgan fingerprint density at radius 3 is 2.41 bits per heavy atom. The Hall–Kier alpha value is -2.31. The molecule has 0 aromatic heterocycles. The average molecular weight is 293 g/mol. The minimum atomic E-state index is -0.432. The van der Waals surface area contributed by atoms with E-state index in [9.17, 15) is 5.26 Å². The molecule has 22 heavy (non-hydrogen) atoms. The van der Waals surface area contributed by atoms with Gasteiger partial charge in [-0.25, -0.2) is 0 Å². The van der Waals surface area contributed by atoms with Gasteiger partial charge in [-0.05, 0) is 36.6 Å². The summed E-state index contributed by atoms with van der Waals surface area (Å²) in [7, 11) is 1.65. The standard InChI is InChI=1S/C19H19NO2/c1-19(15-6-4-3-5-7-15)12-17(18(13-20)22-19)14-8-10-16(21-2)11-9-14/h3-11,17-18H,12H2,1-2H3/t17-,18?,19-/m0/s1. The zero-order valence-corrected chi connectivity index (χ0v) is 12.8. The molecule has 0 spiro atoms. The number of benzene rings is 2. The third-order valence-electron chi connectivity index (χ3n) is 4.42. The second kappa shape index (κ2) is 5.82. The number of hydrogen-bond acceptors (Lipinski definition) is 3. The number of methoxy groups -OCH3 is 1. The maximum Gasteiger partial charge on any atom is 0.152 e. The highest BCUT2D eigenvalue weighted by atomic mass is 16.5. The summed E-state index contributed by atoms with van der Waals surface area (Å²) in [5, 5.41) is 9.48. The first-order valence-corrected chi connectivity index (χ1v) is 7.43. The molecule has 0 aliphatic carbocycles. The molecule has 0 N–H and O–H groups in total. The van der Waals surface area contributed by atoms with E-state index >= 15 is 0 Å². The van der Waals surface area contributed by atoms with E-state index in [0.29, 0.717) is 0 Å². The summed E-state index contributed by atoms with van der Waals surface area (Å²) >= 11 is 0. The molecule has 0 bridgehead atoms. The highest BCUT2D eigenvalue weighted by Crippen LogP contribution is 2.46. The molecular formula is C19H19NO2. The molecule has 3 rings (SSSR count). The zero-order valence-electron chi connectivity index (χ0n) is 12.8. The summed E-state index contributed by atoms with van der Waals surface area (Å²) in [6.45, 7) is 2.07. The van der Waals surface area contributed by atoms with Crippen molar-refractivity contribution < 1.29 is 9.47 Å². The highest BCUT2D eigenvalue weighted by molar-refractivity contribution is 5.34. The molecule has 0 radical (unpaired) electrons. The predicted molar refractivity (Wildman–Crippen MR) is 84.6 cm³/mol. The summed E-state index contributed by atoms with van der Waals surface area (Å²) in [6, 6.07) is 20.3. The third kappa shape index (κ3) is 2.58. The van der Waals surface area contributed by atoms with Gasteiger partial charge in [-0.15, -0.1) is 0 Å². The van der Waals surface area contributed by atoms with Crippen LogP contribution >= 0.6 is 0 Å². The molecular weight excluding hydrogens is 274 g/mol. The number of nitriles is 1. The molecule has 1 aliphatic rings. The maximum atomic E-state index is 9.48. The monoisotopic (exact) mass is 293 g/mol. The molecule has 2 aromatic rings. The van der Waals surface area contributed by atoms with Gasteiger partial charge in [0, 0.05) is 5.92 Å². The van der Waals surface area contributed by atoms with E-state index in [-0.39, 0.29) is 5.92 Å². The highest BCUT2D eigenvalue weighted by Gasteiger charge is 2.45. The van der Waals surface area contributed by atoms with Crippen LogP contribution in [0.2, 0.25) is 0 Å². The zero-order chi connectivity index (χ0) is 15.6. The lowest BCUT2D eigenvalue weighted by atomic mass is 9.84. The van der Waals surface area contributed by atoms with Crippen molar-refractivity contribution in [2.45, 2.75) is 31.0 Å². The van der Waals surface area contributed by atoms with Gasteiger partial charge in [-0.3, -0.25) is 0 Å². The SMILES string of the molecule is COc1ccc([C@@H]2C[C@@](C)(c3ccccc3)OC2C#N)cc1. The fourth-order valence-corrected chi connectivity index (χ4v) is 3.17. The van der Waals surface area contributed by atoms with Crippen LogP contribution in [0.1, 0.15) is 30.4 Å². The minimum Gasteiger partial charge on any atom is -0.497 e. The fraction of sp³-hybridized carbons (Fsp3) is 0.316. The van der Waals surface area contributed by atoms with E-state index in [1.165, 1.54) is 0 Å². The normalized spacial score (nSPS) is 27.3. The molecule has 1 unspecified atom stereocenters. The molecule has 3 nitrogen and oxygen atoms in total. The van der Waals surface area contributed by atoms with Gasteiger partial charge in [0.25, 0.3) is 0 Å². The molecule has 1 aliphatic heterocycles. The van der Waals surface area contributed by atoms with E-state index in [1.807, 2.05) is 42.5 Å². The second-order valence-corrected chi connectivity index (χ2v) is 5.85. The summed E-state index contributed by atoms with van der Waals surface area (Å²) in [5.74, 6) is 0.892. The Morgan fingerprint density at radius 2 is 1.82 bits per heavy atom. The topological polar surface area (TPSA) is 42.2 Å². The van der Waals surface area contributed by atoms with Crippen LogP contribution in [0, 0.1) is 11.3 Å². The molecule has 112 valence electrons. The van der Waals surface area contributed by atoms with Crippen LogP contribution in [0.15, 0.2) is 54.6 Å². The van der Waals surface area contributed by atoms with Crippen molar-refractivity contribution in [2.24, 2.45) is 0 Å². The first-order chi connectivity index (χ1) is 10.7. The lowest BCUT2D eigenvalue weighted by Crippen LogP contribution is -2.21. The van der Waals surface area contributed by atoms with Gasteiger partial charge in [0.15, 0.2) is 6.10 Å². The number of ether oxygens (including phenoxy) is 2. The summed E-state index contributed by atoms with van der Waals surface area (Å²) in [5.41, 5.74) is 1.81. The van der Waals surface area contributed by atoms with Crippen molar-refractivity contribution in [3.05, 3.63) is 65.7 Å². The van der Waals surface area contributed by atoms with Gasteiger partial charge in [-0.1, -0.05) is 42.5 Å². The Balaban J connectivity index is 1.90. The van der Waals surface area contributed by atoms with Crippen molar-refractivity contribution >= 4 is 0 Å². The van der Waals surface area contributed by atoms with Crippen molar-refractivity contribution in [3.8, 4) is 11.8 Å². The first kappa shape index (κ1) is 14.6.